The van der Waals surface area contributed by atoms with Crippen LogP contribution in [0.25, 0.3) is 0 Å². The maximum atomic E-state index is 13.4. The highest BCUT2D eigenvalue weighted by atomic mass is 19.2. The second-order valence-corrected chi connectivity index (χ2v) is 4.65. The Labute approximate surface area is 121 Å². The van der Waals surface area contributed by atoms with E-state index in [-0.39, 0.29) is 13.0 Å². The van der Waals surface area contributed by atoms with Crippen LogP contribution in [0.3, 0.4) is 0 Å². The van der Waals surface area contributed by atoms with Crippen LogP contribution >= 0.6 is 0 Å². The molecule has 0 bridgehead atoms. The summed E-state index contributed by atoms with van der Waals surface area (Å²) in [4.78, 5) is 12.5. The van der Waals surface area contributed by atoms with Crippen molar-refractivity contribution in [3.8, 4) is 0 Å². The monoisotopic (exact) mass is 291 g/mol. The fourth-order valence-corrected chi connectivity index (χ4v) is 2.02. The summed E-state index contributed by atoms with van der Waals surface area (Å²) >= 11 is 0. The molecule has 1 N–H and O–H groups in total. The number of carboxylic acid groups (broad SMARTS) is 1. The first-order valence-electron chi connectivity index (χ1n) is 6.52. The molecule has 0 spiro atoms. The Balaban J connectivity index is 2.22. The van der Waals surface area contributed by atoms with E-state index in [0.29, 0.717) is 12.2 Å². The van der Waals surface area contributed by atoms with Crippen LogP contribution in [-0.4, -0.2) is 17.6 Å². The van der Waals surface area contributed by atoms with Gasteiger partial charge in [0, 0.05) is 24.8 Å². The van der Waals surface area contributed by atoms with Crippen molar-refractivity contribution in [2.24, 2.45) is 0 Å². The van der Waals surface area contributed by atoms with Gasteiger partial charge < -0.3 is 10.0 Å². The predicted octanol–water partition coefficient (Wildman–Crippen LogP) is 3.45. The van der Waals surface area contributed by atoms with Crippen LogP contribution in [0.4, 0.5) is 14.5 Å². The Morgan fingerprint density at radius 3 is 2.38 bits per heavy atom. The van der Waals surface area contributed by atoms with Gasteiger partial charge in [0.1, 0.15) is 0 Å². The number of hydrogen-bond donors (Lipinski definition) is 1. The summed E-state index contributed by atoms with van der Waals surface area (Å²) < 4.78 is 26.4. The minimum atomic E-state index is -0.944. The van der Waals surface area contributed by atoms with Gasteiger partial charge in [-0.2, -0.15) is 0 Å². The number of nitrogens with zero attached hydrogens (tertiary/aromatic N) is 1. The average Bonchev–Trinajstić information content (AvgIpc) is 2.47. The van der Waals surface area contributed by atoms with Crippen molar-refractivity contribution in [2.45, 2.75) is 13.0 Å². The third-order valence-electron chi connectivity index (χ3n) is 3.08. The summed E-state index contributed by atoms with van der Waals surface area (Å²) in [6, 6.07) is 13.0. The lowest BCUT2D eigenvalue weighted by Gasteiger charge is -2.24. The maximum absolute atomic E-state index is 13.4. The van der Waals surface area contributed by atoms with Gasteiger partial charge in [-0.25, -0.2) is 8.78 Å². The van der Waals surface area contributed by atoms with Crippen LogP contribution < -0.4 is 4.90 Å². The van der Waals surface area contributed by atoms with E-state index in [0.717, 1.165) is 17.7 Å². The van der Waals surface area contributed by atoms with Crippen molar-refractivity contribution in [1.82, 2.24) is 0 Å². The molecule has 0 aliphatic carbocycles. The van der Waals surface area contributed by atoms with E-state index in [4.69, 9.17) is 5.11 Å². The van der Waals surface area contributed by atoms with Crippen molar-refractivity contribution in [3.05, 3.63) is 65.7 Å². The number of carboxylic acids is 1. The van der Waals surface area contributed by atoms with Gasteiger partial charge in [-0.1, -0.05) is 30.3 Å². The van der Waals surface area contributed by atoms with E-state index in [1.807, 2.05) is 30.3 Å². The molecule has 0 amide bonds. The molecule has 0 fully saturated rings. The van der Waals surface area contributed by atoms with Crippen LogP contribution in [-0.2, 0) is 11.3 Å². The summed E-state index contributed by atoms with van der Waals surface area (Å²) in [6.45, 7) is 0.647. The number of aliphatic carboxylic acids is 1. The quantitative estimate of drug-likeness (QED) is 0.886. The zero-order valence-electron chi connectivity index (χ0n) is 11.3. The van der Waals surface area contributed by atoms with Crippen LogP contribution in [0.1, 0.15) is 12.0 Å². The van der Waals surface area contributed by atoms with Crippen molar-refractivity contribution in [3.63, 3.8) is 0 Å². The lowest BCUT2D eigenvalue weighted by Crippen LogP contribution is -2.25. The molecule has 0 heterocycles. The Kier molecular flexibility index (Phi) is 4.87. The van der Waals surface area contributed by atoms with Gasteiger partial charge in [0.25, 0.3) is 0 Å². The van der Waals surface area contributed by atoms with Gasteiger partial charge in [0.15, 0.2) is 11.6 Å². The minimum absolute atomic E-state index is 0.0776. The maximum Gasteiger partial charge on any atom is 0.305 e. The molecule has 0 atom stereocenters. The molecule has 110 valence electrons. The van der Waals surface area contributed by atoms with E-state index >= 15 is 0 Å². The number of halogens is 2. The Hall–Kier alpha value is -2.43. The highest BCUT2D eigenvalue weighted by Crippen LogP contribution is 2.20. The van der Waals surface area contributed by atoms with E-state index < -0.39 is 17.6 Å². The third kappa shape index (κ3) is 4.27. The van der Waals surface area contributed by atoms with E-state index in [1.54, 1.807) is 4.90 Å². The third-order valence-corrected chi connectivity index (χ3v) is 3.08. The molecule has 0 saturated carbocycles. The van der Waals surface area contributed by atoms with Crippen molar-refractivity contribution >= 4 is 11.7 Å². The lowest BCUT2D eigenvalue weighted by atomic mass is 10.2. The molecule has 0 aromatic heterocycles. The highest BCUT2D eigenvalue weighted by Gasteiger charge is 2.12. The zero-order valence-corrected chi connectivity index (χ0v) is 11.3. The second kappa shape index (κ2) is 6.83. The SMILES string of the molecule is O=C(O)CCN(Cc1ccccc1)c1ccc(F)c(F)c1. The van der Waals surface area contributed by atoms with Gasteiger partial charge in [0.05, 0.1) is 6.42 Å². The summed E-state index contributed by atoms with van der Waals surface area (Å²) in [7, 11) is 0. The van der Waals surface area contributed by atoms with Gasteiger partial charge in [-0.15, -0.1) is 0 Å². The van der Waals surface area contributed by atoms with E-state index in [2.05, 4.69) is 0 Å². The molecular weight excluding hydrogens is 276 g/mol. The minimum Gasteiger partial charge on any atom is -0.481 e. The summed E-state index contributed by atoms with van der Waals surface area (Å²) in [5, 5.41) is 8.81. The Morgan fingerprint density at radius 2 is 1.76 bits per heavy atom. The molecule has 2 aromatic carbocycles. The molecule has 5 heteroatoms. The lowest BCUT2D eigenvalue weighted by molar-refractivity contribution is -0.136. The summed E-state index contributed by atoms with van der Waals surface area (Å²) in [5.41, 5.74) is 1.42. The topological polar surface area (TPSA) is 40.5 Å². The number of carbonyl (C=O) groups is 1. The molecule has 0 radical (unpaired) electrons. The van der Waals surface area contributed by atoms with E-state index in [9.17, 15) is 13.6 Å². The Morgan fingerprint density at radius 1 is 1.05 bits per heavy atom. The largest absolute Gasteiger partial charge is 0.481 e. The van der Waals surface area contributed by atoms with E-state index in [1.165, 1.54) is 6.07 Å². The fourth-order valence-electron chi connectivity index (χ4n) is 2.02. The highest BCUT2D eigenvalue weighted by molar-refractivity contribution is 5.67. The second-order valence-electron chi connectivity index (χ2n) is 4.65. The van der Waals surface area contributed by atoms with Crippen LogP contribution in [0.2, 0.25) is 0 Å². The fraction of sp³-hybridized carbons (Fsp3) is 0.188. The van der Waals surface area contributed by atoms with Crippen LogP contribution in [0, 0.1) is 11.6 Å². The van der Waals surface area contributed by atoms with Gasteiger partial charge in [-0.3, -0.25) is 4.79 Å². The van der Waals surface area contributed by atoms with Crippen LogP contribution in [0.15, 0.2) is 48.5 Å². The number of hydrogen-bond acceptors (Lipinski definition) is 2. The Bertz CT molecular complexity index is 617. The van der Waals surface area contributed by atoms with Crippen molar-refractivity contribution < 1.29 is 18.7 Å². The molecule has 3 nitrogen and oxygen atoms in total. The number of rotatable bonds is 6. The van der Waals surface area contributed by atoms with Crippen molar-refractivity contribution in [1.29, 1.82) is 0 Å². The van der Waals surface area contributed by atoms with Gasteiger partial charge >= 0.3 is 5.97 Å². The standard InChI is InChI=1S/C16H15F2NO2/c17-14-7-6-13(10-15(14)18)19(9-8-16(20)21)11-12-4-2-1-3-5-12/h1-7,10H,8-9,11H2,(H,20,21). The van der Waals surface area contributed by atoms with Crippen molar-refractivity contribution in [2.75, 3.05) is 11.4 Å². The first-order chi connectivity index (χ1) is 10.1. The summed E-state index contributed by atoms with van der Waals surface area (Å²) in [6.07, 6.45) is -0.0776. The molecule has 0 aliphatic rings. The molecule has 2 aromatic rings. The zero-order chi connectivity index (χ0) is 15.2. The number of anilines is 1. The average molecular weight is 291 g/mol. The molecular formula is C16H15F2NO2. The smallest absolute Gasteiger partial charge is 0.305 e. The molecule has 0 unspecified atom stereocenters. The van der Waals surface area contributed by atoms with Crippen LogP contribution in [0.5, 0.6) is 0 Å². The molecule has 0 saturated heterocycles. The first-order valence-corrected chi connectivity index (χ1v) is 6.52. The number of benzene rings is 2. The molecule has 2 rings (SSSR count). The molecule has 0 aliphatic heterocycles. The van der Waals surface area contributed by atoms with Gasteiger partial charge in [0.2, 0.25) is 0 Å². The normalized spacial score (nSPS) is 10.4. The first kappa shape index (κ1) is 15.0. The summed E-state index contributed by atoms with van der Waals surface area (Å²) in [5.74, 6) is -2.80. The molecule has 21 heavy (non-hydrogen) atoms. The predicted molar refractivity (Wildman–Crippen MR) is 76.1 cm³/mol. The van der Waals surface area contributed by atoms with Gasteiger partial charge in [-0.05, 0) is 17.7 Å².